The van der Waals surface area contributed by atoms with Crippen molar-refractivity contribution in [3.63, 3.8) is 0 Å². The van der Waals surface area contributed by atoms with Gasteiger partial charge in [-0.3, -0.25) is 29.0 Å². The molecule has 2 aliphatic carbocycles. The molecule has 0 bridgehead atoms. The summed E-state index contributed by atoms with van der Waals surface area (Å²) in [5.41, 5.74) is 1.14. The Balaban J connectivity index is 1.73. The maximum Gasteiger partial charge on any atom is 0.254 e. The highest BCUT2D eigenvalue weighted by Crippen LogP contribution is 2.65. The molecule has 2 saturated heterocycles. The van der Waals surface area contributed by atoms with E-state index in [0.29, 0.717) is 24.2 Å². The second kappa shape index (κ2) is 8.74. The first kappa shape index (κ1) is 25.5. The Labute approximate surface area is 226 Å². The van der Waals surface area contributed by atoms with Gasteiger partial charge in [-0.25, -0.2) is 0 Å². The van der Waals surface area contributed by atoms with Crippen molar-refractivity contribution in [1.29, 1.82) is 0 Å². The average molecular weight is 600 g/mol. The van der Waals surface area contributed by atoms with Gasteiger partial charge in [-0.2, -0.15) is 0 Å². The first-order chi connectivity index (χ1) is 17.1. The quantitative estimate of drug-likeness (QED) is 0.240. The molecule has 1 aromatic carbocycles. The fourth-order valence-corrected chi connectivity index (χ4v) is 7.91. The molecule has 5 rings (SSSR count). The molecule has 1 aromatic rings. The van der Waals surface area contributed by atoms with Crippen LogP contribution in [-0.4, -0.2) is 66.9 Å². The lowest BCUT2D eigenvalue weighted by Gasteiger charge is -2.50. The second-order valence-electron chi connectivity index (χ2n) is 9.57. The van der Waals surface area contributed by atoms with Crippen LogP contribution in [0, 0.1) is 17.8 Å². The summed E-state index contributed by atoms with van der Waals surface area (Å²) in [7, 11) is 0. The van der Waals surface area contributed by atoms with Gasteiger partial charge in [0.25, 0.3) is 11.8 Å². The summed E-state index contributed by atoms with van der Waals surface area (Å²) in [6.45, 7) is 4.07. The Hall–Kier alpha value is -2.10. The maximum atomic E-state index is 13.7. The van der Waals surface area contributed by atoms with Crippen molar-refractivity contribution >= 4 is 62.8 Å². The summed E-state index contributed by atoms with van der Waals surface area (Å²) in [6, 6.07) is 4.65. The number of phenols is 1. The highest BCUT2D eigenvalue weighted by molar-refractivity contribution is 9.09. The second-order valence-corrected chi connectivity index (χ2v) is 11.3. The molecule has 0 radical (unpaired) electrons. The standard InChI is InChI=1S/C25H25BrCl2N2O6/c1-3-29-20(32)14-7-6-13-15(18(14)21(29)33)10-24(27)22(34)30(11-26)23(35)25(24,28)19(13)12-5-8-16(31)17(9-12)36-4-2/h5-6,8-9,14-15,18-19,31H,3-4,7,10-11H2,1-2H3. The number of phenolic OH excluding ortho intramolecular Hbond substituents is 1. The zero-order valence-electron chi connectivity index (χ0n) is 19.7. The molecule has 1 saturated carbocycles. The van der Waals surface area contributed by atoms with E-state index < -0.39 is 45.2 Å². The van der Waals surface area contributed by atoms with Gasteiger partial charge in [0.15, 0.2) is 21.2 Å². The number of imide groups is 2. The smallest absolute Gasteiger partial charge is 0.254 e. The summed E-state index contributed by atoms with van der Waals surface area (Å²) in [4.78, 5) is 52.1. The number of fused-ring (bicyclic) bond motifs is 4. The van der Waals surface area contributed by atoms with Crippen LogP contribution in [0.25, 0.3) is 0 Å². The molecule has 192 valence electrons. The minimum atomic E-state index is -1.88. The Kier molecular flexibility index (Phi) is 6.20. The SMILES string of the molecule is CCOc1cc(C2C3=CCC4C(=O)N(CC)C(=O)C4C3CC3(Cl)C(=O)N(CBr)C(=O)C23Cl)ccc1O. The van der Waals surface area contributed by atoms with E-state index in [2.05, 4.69) is 15.9 Å². The van der Waals surface area contributed by atoms with Crippen LogP contribution in [-0.2, 0) is 19.2 Å². The molecular formula is C25H25BrCl2N2O6. The molecule has 2 aliphatic heterocycles. The molecule has 6 atom stereocenters. The molecule has 3 fully saturated rings. The molecule has 0 spiro atoms. The van der Waals surface area contributed by atoms with Crippen molar-refractivity contribution in [3.8, 4) is 11.5 Å². The average Bonchev–Trinajstić information content (AvgIpc) is 3.18. The van der Waals surface area contributed by atoms with E-state index in [1.54, 1.807) is 26.0 Å². The lowest BCUT2D eigenvalue weighted by atomic mass is 9.56. The largest absolute Gasteiger partial charge is 0.504 e. The molecule has 2 heterocycles. The maximum absolute atomic E-state index is 13.7. The van der Waals surface area contributed by atoms with Gasteiger partial charge < -0.3 is 9.84 Å². The number of allylic oxidation sites excluding steroid dienone is 2. The summed E-state index contributed by atoms with van der Waals surface area (Å²) in [5, 5.41) is 10.3. The van der Waals surface area contributed by atoms with E-state index in [4.69, 9.17) is 27.9 Å². The van der Waals surface area contributed by atoms with Crippen molar-refractivity contribution in [2.75, 3.05) is 18.6 Å². The third-order valence-electron chi connectivity index (χ3n) is 8.04. The van der Waals surface area contributed by atoms with E-state index in [1.807, 2.05) is 6.08 Å². The number of ether oxygens (including phenoxy) is 1. The minimum absolute atomic E-state index is 0.0530. The van der Waals surface area contributed by atoms with Crippen molar-refractivity contribution in [1.82, 2.24) is 9.80 Å². The third kappa shape index (κ3) is 3.11. The van der Waals surface area contributed by atoms with Crippen molar-refractivity contribution in [2.45, 2.75) is 42.4 Å². The first-order valence-electron chi connectivity index (χ1n) is 11.9. The minimum Gasteiger partial charge on any atom is -0.504 e. The number of carbonyl (C=O) groups is 4. The van der Waals surface area contributed by atoms with E-state index in [1.165, 1.54) is 11.0 Å². The molecule has 8 nitrogen and oxygen atoms in total. The summed E-state index contributed by atoms with van der Waals surface area (Å²) < 4.78 is 5.57. The van der Waals surface area contributed by atoms with Crippen molar-refractivity contribution in [3.05, 3.63) is 35.4 Å². The molecule has 6 unspecified atom stereocenters. The molecule has 0 aromatic heterocycles. The van der Waals surface area contributed by atoms with Gasteiger partial charge in [0.1, 0.15) is 0 Å². The van der Waals surface area contributed by atoms with E-state index in [9.17, 15) is 24.3 Å². The first-order valence-corrected chi connectivity index (χ1v) is 13.8. The van der Waals surface area contributed by atoms with Gasteiger partial charge in [-0.15, -0.1) is 23.2 Å². The fourth-order valence-electron chi connectivity index (χ4n) is 6.49. The summed E-state index contributed by atoms with van der Waals surface area (Å²) in [6.07, 6.45) is 2.14. The molecule has 1 N–H and O–H groups in total. The fraction of sp³-hybridized carbons (Fsp3) is 0.520. The van der Waals surface area contributed by atoms with Crippen LogP contribution >= 0.6 is 39.1 Å². The number of likely N-dealkylation sites (tertiary alicyclic amines) is 2. The van der Waals surface area contributed by atoms with Gasteiger partial charge in [0.2, 0.25) is 11.8 Å². The number of aromatic hydroxyl groups is 1. The van der Waals surface area contributed by atoms with Crippen molar-refractivity contribution in [2.24, 2.45) is 17.8 Å². The number of benzene rings is 1. The Morgan fingerprint density at radius 3 is 2.44 bits per heavy atom. The number of halogens is 3. The van der Waals surface area contributed by atoms with Crippen molar-refractivity contribution < 1.29 is 29.0 Å². The van der Waals surface area contributed by atoms with E-state index in [-0.39, 0.29) is 41.7 Å². The van der Waals surface area contributed by atoms with Crippen LogP contribution in [0.15, 0.2) is 29.8 Å². The topological polar surface area (TPSA) is 104 Å². The summed E-state index contributed by atoms with van der Waals surface area (Å²) in [5.74, 6) is -4.39. The number of amides is 4. The molecular weight excluding hydrogens is 575 g/mol. The Morgan fingerprint density at radius 2 is 1.81 bits per heavy atom. The highest BCUT2D eigenvalue weighted by atomic mass is 79.9. The van der Waals surface area contributed by atoms with Gasteiger partial charge >= 0.3 is 0 Å². The molecule has 4 aliphatic rings. The normalized spacial score (nSPS) is 35.5. The monoisotopic (exact) mass is 598 g/mol. The zero-order valence-corrected chi connectivity index (χ0v) is 22.8. The number of carbonyl (C=O) groups excluding carboxylic acids is 4. The number of rotatable bonds is 5. The molecule has 11 heteroatoms. The predicted molar refractivity (Wildman–Crippen MR) is 135 cm³/mol. The lowest BCUT2D eigenvalue weighted by molar-refractivity contribution is -0.141. The lowest BCUT2D eigenvalue weighted by Crippen LogP contribution is -2.60. The molecule has 36 heavy (non-hydrogen) atoms. The zero-order chi connectivity index (χ0) is 26.2. The van der Waals surface area contributed by atoms with Crippen LogP contribution < -0.4 is 4.74 Å². The van der Waals surface area contributed by atoms with Gasteiger partial charge in [0.05, 0.1) is 23.9 Å². The number of hydrogen-bond acceptors (Lipinski definition) is 6. The van der Waals surface area contributed by atoms with Gasteiger partial charge in [-0.05, 0) is 50.3 Å². The summed E-state index contributed by atoms with van der Waals surface area (Å²) >= 11 is 17.5. The Morgan fingerprint density at radius 1 is 1.08 bits per heavy atom. The van der Waals surface area contributed by atoms with E-state index >= 15 is 0 Å². The number of nitrogens with zero attached hydrogens (tertiary/aromatic N) is 2. The highest BCUT2D eigenvalue weighted by Gasteiger charge is 2.76. The van der Waals surface area contributed by atoms with Gasteiger partial charge in [0, 0.05) is 12.5 Å². The van der Waals surface area contributed by atoms with Crippen LogP contribution in [0.3, 0.4) is 0 Å². The van der Waals surface area contributed by atoms with Gasteiger partial charge in [-0.1, -0.05) is 33.6 Å². The number of hydrogen-bond donors (Lipinski definition) is 1. The predicted octanol–water partition coefficient (Wildman–Crippen LogP) is 3.52. The Bertz CT molecular complexity index is 1220. The number of alkyl halides is 3. The van der Waals surface area contributed by atoms with Crippen LogP contribution in [0.2, 0.25) is 0 Å². The third-order valence-corrected chi connectivity index (χ3v) is 9.95. The van der Waals surface area contributed by atoms with Crippen LogP contribution in [0.5, 0.6) is 11.5 Å². The van der Waals surface area contributed by atoms with Crippen LogP contribution in [0.1, 0.15) is 38.2 Å². The molecule has 4 amide bonds. The van der Waals surface area contributed by atoms with Crippen LogP contribution in [0.4, 0.5) is 0 Å². The van der Waals surface area contributed by atoms with E-state index in [0.717, 1.165) is 4.90 Å².